The Morgan fingerprint density at radius 2 is 1.71 bits per heavy atom. The van der Waals surface area contributed by atoms with Gasteiger partial charge >= 0.3 is 5.97 Å². The molecule has 0 aliphatic carbocycles. The van der Waals surface area contributed by atoms with Crippen LogP contribution in [0.3, 0.4) is 0 Å². The Hall–Kier alpha value is -3.91. The molecule has 1 fully saturated rings. The molecule has 34 heavy (non-hydrogen) atoms. The zero-order valence-corrected chi connectivity index (χ0v) is 19.2. The molecule has 178 valence electrons. The topological polar surface area (TPSA) is 102 Å². The van der Waals surface area contributed by atoms with Crippen molar-refractivity contribution in [3.05, 3.63) is 83.4 Å². The van der Waals surface area contributed by atoms with Gasteiger partial charge in [0.1, 0.15) is 18.1 Å². The van der Waals surface area contributed by atoms with Gasteiger partial charge in [-0.15, -0.1) is 0 Å². The number of carbonyl (C=O) groups is 3. The molecular formula is C26H27NO7. The van der Waals surface area contributed by atoms with Gasteiger partial charge in [0.2, 0.25) is 0 Å². The highest BCUT2D eigenvalue weighted by Gasteiger charge is 2.45. The van der Waals surface area contributed by atoms with Crippen LogP contribution in [0.1, 0.15) is 33.9 Å². The van der Waals surface area contributed by atoms with E-state index in [1.54, 1.807) is 61.7 Å². The summed E-state index contributed by atoms with van der Waals surface area (Å²) in [6.45, 7) is 4.60. The Balaban J connectivity index is 2.04. The first kappa shape index (κ1) is 24.7. The summed E-state index contributed by atoms with van der Waals surface area (Å²) < 4.78 is 15.3. The first-order valence-electron chi connectivity index (χ1n) is 10.7. The summed E-state index contributed by atoms with van der Waals surface area (Å²) in [4.78, 5) is 39.2. The fraction of sp³-hybridized carbons (Fsp3) is 0.269. The molecule has 8 nitrogen and oxygen atoms in total. The van der Waals surface area contributed by atoms with E-state index in [1.165, 1.54) is 12.0 Å². The van der Waals surface area contributed by atoms with Gasteiger partial charge in [0, 0.05) is 25.8 Å². The van der Waals surface area contributed by atoms with E-state index in [9.17, 15) is 19.5 Å². The predicted molar refractivity (Wildman–Crippen MR) is 125 cm³/mol. The number of amides is 1. The third-order valence-electron chi connectivity index (χ3n) is 5.43. The maximum absolute atomic E-state index is 13.0. The van der Waals surface area contributed by atoms with Gasteiger partial charge in [0.15, 0.2) is 0 Å². The molecule has 1 amide bonds. The quantitative estimate of drug-likeness (QED) is 0.143. The minimum Gasteiger partial charge on any atom is -0.507 e. The Labute approximate surface area is 198 Å². The summed E-state index contributed by atoms with van der Waals surface area (Å²) in [7, 11) is 2.84. The molecule has 3 rings (SSSR count). The lowest BCUT2D eigenvalue weighted by Crippen LogP contribution is -2.31. The summed E-state index contributed by atoms with van der Waals surface area (Å²) in [5.74, 6) is -1.69. The van der Waals surface area contributed by atoms with Crippen molar-refractivity contribution in [3.63, 3.8) is 0 Å². The lowest BCUT2D eigenvalue weighted by atomic mass is 9.94. The lowest BCUT2D eigenvalue weighted by molar-refractivity contribution is -0.140. The molecule has 1 aliphatic rings. The van der Waals surface area contributed by atoms with Crippen molar-refractivity contribution >= 4 is 23.4 Å². The van der Waals surface area contributed by atoms with Crippen molar-refractivity contribution in [2.24, 2.45) is 0 Å². The fourth-order valence-corrected chi connectivity index (χ4v) is 3.78. The molecule has 0 radical (unpaired) electrons. The third-order valence-corrected chi connectivity index (χ3v) is 5.43. The fourth-order valence-electron chi connectivity index (χ4n) is 3.78. The highest BCUT2D eigenvalue weighted by Crippen LogP contribution is 2.39. The van der Waals surface area contributed by atoms with Gasteiger partial charge in [-0.25, -0.2) is 4.79 Å². The predicted octanol–water partition coefficient (Wildman–Crippen LogP) is 3.50. The van der Waals surface area contributed by atoms with Gasteiger partial charge in [-0.3, -0.25) is 9.59 Å². The van der Waals surface area contributed by atoms with E-state index in [-0.39, 0.29) is 17.9 Å². The van der Waals surface area contributed by atoms with Crippen LogP contribution in [0, 0.1) is 0 Å². The average molecular weight is 466 g/mol. The Kier molecular flexibility index (Phi) is 8.21. The van der Waals surface area contributed by atoms with Crippen LogP contribution in [0.4, 0.5) is 0 Å². The molecule has 2 aromatic rings. The van der Waals surface area contributed by atoms with E-state index in [1.807, 2.05) is 0 Å². The number of aliphatic hydroxyl groups is 1. The summed E-state index contributed by atoms with van der Waals surface area (Å²) >= 11 is 0. The normalized spacial score (nSPS) is 17.0. The number of hydrogen-bond donors (Lipinski definition) is 1. The lowest BCUT2D eigenvalue weighted by Gasteiger charge is -2.25. The second kappa shape index (κ2) is 11.3. The Morgan fingerprint density at radius 1 is 1.06 bits per heavy atom. The maximum atomic E-state index is 13.0. The first-order chi connectivity index (χ1) is 16.4. The van der Waals surface area contributed by atoms with Crippen LogP contribution in [0.2, 0.25) is 0 Å². The van der Waals surface area contributed by atoms with Crippen molar-refractivity contribution in [3.8, 4) is 5.75 Å². The molecule has 0 spiro atoms. The van der Waals surface area contributed by atoms with Crippen molar-refractivity contribution in [1.29, 1.82) is 0 Å². The number of likely N-dealkylation sites (tertiary alicyclic amines) is 1. The number of hydrogen-bond acceptors (Lipinski definition) is 7. The van der Waals surface area contributed by atoms with Gasteiger partial charge in [-0.05, 0) is 48.4 Å². The van der Waals surface area contributed by atoms with Crippen molar-refractivity contribution in [2.45, 2.75) is 12.5 Å². The number of aliphatic hydroxyl groups excluding tert-OH is 1. The van der Waals surface area contributed by atoms with Gasteiger partial charge in [-0.1, -0.05) is 24.8 Å². The molecule has 8 heteroatoms. The van der Waals surface area contributed by atoms with Crippen molar-refractivity contribution in [2.75, 3.05) is 34.0 Å². The maximum Gasteiger partial charge on any atom is 0.337 e. The third kappa shape index (κ3) is 5.18. The SMILES string of the molecule is C=CCOc1ccc(/C(O)=C2/C(=O)C(=O)N(CCCOC)C2c2ccc(C(=O)OC)cc2)cc1. The number of nitrogens with zero attached hydrogens (tertiary/aromatic N) is 1. The van der Waals surface area contributed by atoms with Crippen molar-refractivity contribution in [1.82, 2.24) is 4.90 Å². The molecule has 1 saturated heterocycles. The van der Waals surface area contributed by atoms with E-state index in [2.05, 4.69) is 6.58 Å². The van der Waals surface area contributed by atoms with Gasteiger partial charge < -0.3 is 24.2 Å². The van der Waals surface area contributed by atoms with Gasteiger partial charge in [-0.2, -0.15) is 0 Å². The summed E-state index contributed by atoms with van der Waals surface area (Å²) in [6.07, 6.45) is 2.13. The molecule has 1 heterocycles. The molecule has 0 saturated carbocycles. The van der Waals surface area contributed by atoms with Crippen LogP contribution >= 0.6 is 0 Å². The molecule has 1 aliphatic heterocycles. The van der Waals surface area contributed by atoms with Crippen LogP contribution in [-0.2, 0) is 19.1 Å². The minimum absolute atomic E-state index is 0.0204. The minimum atomic E-state index is -0.819. The summed E-state index contributed by atoms with van der Waals surface area (Å²) in [5.41, 5.74) is 1.26. The zero-order valence-electron chi connectivity index (χ0n) is 19.2. The van der Waals surface area contributed by atoms with Crippen LogP contribution in [0.5, 0.6) is 5.75 Å². The van der Waals surface area contributed by atoms with Crippen LogP contribution < -0.4 is 4.74 Å². The molecule has 1 atom stereocenters. The number of carbonyl (C=O) groups excluding carboxylic acids is 3. The number of benzene rings is 2. The van der Waals surface area contributed by atoms with Crippen LogP contribution in [0.25, 0.3) is 5.76 Å². The molecule has 0 bridgehead atoms. The van der Waals surface area contributed by atoms with E-state index in [0.717, 1.165) is 0 Å². The average Bonchev–Trinajstić information content (AvgIpc) is 3.12. The second-order valence-electron chi connectivity index (χ2n) is 7.58. The number of methoxy groups -OCH3 is 2. The van der Waals surface area contributed by atoms with Crippen LogP contribution in [0.15, 0.2) is 66.8 Å². The summed E-state index contributed by atoms with van der Waals surface area (Å²) in [5, 5.41) is 11.1. The number of rotatable bonds is 10. The number of ether oxygens (including phenoxy) is 3. The second-order valence-corrected chi connectivity index (χ2v) is 7.58. The molecular weight excluding hydrogens is 438 g/mol. The Morgan fingerprint density at radius 3 is 2.29 bits per heavy atom. The number of esters is 1. The highest BCUT2D eigenvalue weighted by molar-refractivity contribution is 6.46. The molecule has 1 N–H and O–H groups in total. The number of ketones is 1. The monoisotopic (exact) mass is 465 g/mol. The molecule has 2 aromatic carbocycles. The van der Waals surface area contributed by atoms with E-state index < -0.39 is 23.7 Å². The van der Waals surface area contributed by atoms with Gasteiger partial charge in [0.05, 0.1) is 24.3 Å². The standard InChI is InChI=1S/C26H27NO7/c1-4-15-34-20-12-10-18(11-13-20)23(28)21-22(17-6-8-19(9-7-17)26(31)33-3)27(14-5-16-32-2)25(30)24(21)29/h4,6-13,22,28H,1,5,14-16H2,2-3H3/b23-21-. The highest BCUT2D eigenvalue weighted by atomic mass is 16.5. The smallest absolute Gasteiger partial charge is 0.337 e. The van der Waals surface area contributed by atoms with E-state index >= 15 is 0 Å². The van der Waals surface area contributed by atoms with Crippen molar-refractivity contribution < 1.29 is 33.7 Å². The summed E-state index contributed by atoms with van der Waals surface area (Å²) in [6, 6.07) is 12.1. The molecule has 1 unspecified atom stereocenters. The van der Waals surface area contributed by atoms with Crippen LogP contribution in [-0.4, -0.2) is 61.6 Å². The van der Waals surface area contributed by atoms with E-state index in [0.29, 0.717) is 42.1 Å². The zero-order chi connectivity index (χ0) is 24.7. The largest absolute Gasteiger partial charge is 0.507 e. The first-order valence-corrected chi connectivity index (χ1v) is 10.7. The Bertz CT molecular complexity index is 1090. The number of Topliss-reactive ketones (excluding diaryl/α,β-unsaturated/α-hetero) is 1. The van der Waals surface area contributed by atoms with E-state index in [4.69, 9.17) is 14.2 Å². The molecule has 0 aromatic heterocycles. The van der Waals surface area contributed by atoms with Gasteiger partial charge in [0.25, 0.3) is 11.7 Å².